The summed E-state index contributed by atoms with van der Waals surface area (Å²) < 4.78 is 2.14. The van der Waals surface area contributed by atoms with E-state index in [1.54, 1.807) is 0 Å². The van der Waals surface area contributed by atoms with Gasteiger partial charge in [0.25, 0.3) is 5.91 Å². The standard InChI is InChI=1S/C23H34N2O/c1-7-8-13-25-15-18(5)21(20-11-9-17(4)10-12-20)22(25)23(26)24-19(6)14-16(2)3/h9-12,15-16,19H,7-8,13-14H2,1-6H3,(H,24,26). The molecule has 1 heterocycles. The number of amides is 1. The van der Waals surface area contributed by atoms with E-state index in [-0.39, 0.29) is 11.9 Å². The summed E-state index contributed by atoms with van der Waals surface area (Å²) in [4.78, 5) is 13.2. The second-order valence-electron chi connectivity index (χ2n) is 7.95. The predicted molar refractivity (Wildman–Crippen MR) is 111 cm³/mol. The highest BCUT2D eigenvalue weighted by Crippen LogP contribution is 2.30. The molecule has 1 unspecified atom stereocenters. The molecular weight excluding hydrogens is 320 g/mol. The van der Waals surface area contributed by atoms with E-state index < -0.39 is 0 Å². The minimum Gasteiger partial charge on any atom is -0.348 e. The molecule has 3 nitrogen and oxygen atoms in total. The van der Waals surface area contributed by atoms with Crippen LogP contribution in [0.15, 0.2) is 30.5 Å². The van der Waals surface area contributed by atoms with Crippen LogP contribution in [0.3, 0.4) is 0 Å². The minimum atomic E-state index is 0.0397. The molecule has 1 aromatic heterocycles. The van der Waals surface area contributed by atoms with Crippen LogP contribution in [0.4, 0.5) is 0 Å². The fourth-order valence-electron chi connectivity index (χ4n) is 3.58. The van der Waals surface area contributed by atoms with Crippen LogP contribution in [0.2, 0.25) is 0 Å². The number of carbonyl (C=O) groups excluding carboxylic acids is 1. The highest BCUT2D eigenvalue weighted by Gasteiger charge is 2.22. The van der Waals surface area contributed by atoms with Crippen molar-refractivity contribution in [1.82, 2.24) is 9.88 Å². The molecule has 1 N–H and O–H groups in total. The Morgan fingerprint density at radius 1 is 1.12 bits per heavy atom. The van der Waals surface area contributed by atoms with Crippen LogP contribution in [0.5, 0.6) is 0 Å². The van der Waals surface area contributed by atoms with E-state index in [0.29, 0.717) is 5.92 Å². The lowest BCUT2D eigenvalue weighted by molar-refractivity contribution is 0.0927. The van der Waals surface area contributed by atoms with Crippen LogP contribution in [0.25, 0.3) is 11.1 Å². The highest BCUT2D eigenvalue weighted by atomic mass is 16.2. The lowest BCUT2D eigenvalue weighted by atomic mass is 10.00. The van der Waals surface area contributed by atoms with E-state index in [1.807, 2.05) is 0 Å². The molecule has 0 aliphatic carbocycles. The Morgan fingerprint density at radius 3 is 2.35 bits per heavy atom. The average Bonchev–Trinajstić information content (AvgIpc) is 2.89. The van der Waals surface area contributed by atoms with Gasteiger partial charge in [-0.25, -0.2) is 0 Å². The van der Waals surface area contributed by atoms with Crippen molar-refractivity contribution in [3.05, 3.63) is 47.3 Å². The highest BCUT2D eigenvalue weighted by molar-refractivity contribution is 6.00. The zero-order valence-electron chi connectivity index (χ0n) is 17.2. The fraction of sp³-hybridized carbons (Fsp3) is 0.522. The van der Waals surface area contributed by atoms with Gasteiger partial charge in [-0.05, 0) is 50.7 Å². The van der Waals surface area contributed by atoms with Gasteiger partial charge in [0.1, 0.15) is 5.69 Å². The number of unbranched alkanes of at least 4 members (excludes halogenated alkanes) is 1. The van der Waals surface area contributed by atoms with Crippen LogP contribution in [0, 0.1) is 19.8 Å². The second kappa shape index (κ2) is 9.07. The largest absolute Gasteiger partial charge is 0.348 e. The molecule has 2 aromatic rings. The van der Waals surface area contributed by atoms with E-state index in [4.69, 9.17) is 0 Å². The van der Waals surface area contributed by atoms with E-state index in [9.17, 15) is 4.79 Å². The van der Waals surface area contributed by atoms with Crippen molar-refractivity contribution < 1.29 is 4.79 Å². The van der Waals surface area contributed by atoms with Gasteiger partial charge in [-0.1, -0.05) is 57.0 Å². The molecule has 2 rings (SSSR count). The van der Waals surface area contributed by atoms with Gasteiger partial charge in [-0.2, -0.15) is 0 Å². The first kappa shape index (κ1) is 20.3. The maximum atomic E-state index is 13.2. The normalized spacial score (nSPS) is 12.4. The van der Waals surface area contributed by atoms with Crippen LogP contribution in [0.1, 0.15) is 68.6 Å². The van der Waals surface area contributed by atoms with Crippen molar-refractivity contribution in [3.63, 3.8) is 0 Å². The van der Waals surface area contributed by atoms with Gasteiger partial charge in [0.2, 0.25) is 0 Å². The van der Waals surface area contributed by atoms with Gasteiger partial charge in [0.05, 0.1) is 0 Å². The topological polar surface area (TPSA) is 34.0 Å². The smallest absolute Gasteiger partial charge is 0.268 e. The van der Waals surface area contributed by atoms with E-state index in [2.05, 4.69) is 81.9 Å². The van der Waals surface area contributed by atoms with Gasteiger partial charge in [-0.15, -0.1) is 0 Å². The molecule has 0 bridgehead atoms. The monoisotopic (exact) mass is 354 g/mol. The van der Waals surface area contributed by atoms with Crippen molar-refractivity contribution >= 4 is 5.91 Å². The minimum absolute atomic E-state index is 0.0397. The molecule has 0 aliphatic rings. The molecule has 0 saturated heterocycles. The summed E-state index contributed by atoms with van der Waals surface area (Å²) in [5.74, 6) is 0.605. The van der Waals surface area contributed by atoms with Crippen molar-refractivity contribution in [1.29, 1.82) is 0 Å². The Morgan fingerprint density at radius 2 is 1.77 bits per heavy atom. The molecule has 1 aromatic carbocycles. The van der Waals surface area contributed by atoms with Gasteiger partial charge in [0.15, 0.2) is 0 Å². The number of nitrogens with one attached hydrogen (secondary N) is 1. The number of hydrogen-bond acceptors (Lipinski definition) is 1. The lowest BCUT2D eigenvalue weighted by Gasteiger charge is -2.18. The number of nitrogens with zero attached hydrogens (tertiary/aromatic N) is 1. The zero-order chi connectivity index (χ0) is 19.3. The average molecular weight is 355 g/mol. The number of aryl methyl sites for hydroxylation is 3. The molecule has 142 valence electrons. The summed E-state index contributed by atoms with van der Waals surface area (Å²) >= 11 is 0. The third-order valence-corrected chi connectivity index (χ3v) is 4.78. The molecule has 1 atom stereocenters. The van der Waals surface area contributed by atoms with Crippen molar-refractivity contribution in [2.75, 3.05) is 0 Å². The predicted octanol–water partition coefficient (Wildman–Crippen LogP) is 5.74. The number of benzene rings is 1. The molecule has 0 fully saturated rings. The zero-order valence-corrected chi connectivity index (χ0v) is 17.2. The van der Waals surface area contributed by atoms with E-state index >= 15 is 0 Å². The first-order valence-corrected chi connectivity index (χ1v) is 9.91. The van der Waals surface area contributed by atoms with Crippen LogP contribution < -0.4 is 5.32 Å². The maximum absolute atomic E-state index is 13.2. The molecule has 0 spiro atoms. The number of rotatable bonds is 8. The Kier molecular flexibility index (Phi) is 7.07. The molecule has 0 saturated carbocycles. The van der Waals surface area contributed by atoms with Gasteiger partial charge in [-0.3, -0.25) is 4.79 Å². The van der Waals surface area contributed by atoms with Crippen molar-refractivity contribution in [2.24, 2.45) is 5.92 Å². The van der Waals surface area contributed by atoms with Crippen LogP contribution >= 0.6 is 0 Å². The van der Waals surface area contributed by atoms with E-state index in [1.165, 1.54) is 5.56 Å². The van der Waals surface area contributed by atoms with E-state index in [0.717, 1.165) is 48.2 Å². The summed E-state index contributed by atoms with van der Waals surface area (Å²) in [5.41, 5.74) is 5.37. The quantitative estimate of drug-likeness (QED) is 0.645. The molecular formula is C23H34N2O. The van der Waals surface area contributed by atoms with Crippen LogP contribution in [-0.4, -0.2) is 16.5 Å². The third kappa shape index (κ3) is 5.00. The molecule has 26 heavy (non-hydrogen) atoms. The summed E-state index contributed by atoms with van der Waals surface area (Å²) in [6.45, 7) is 13.7. The Labute approximate surface area is 158 Å². The maximum Gasteiger partial charge on any atom is 0.268 e. The van der Waals surface area contributed by atoms with Crippen LogP contribution in [-0.2, 0) is 6.54 Å². The molecule has 3 heteroatoms. The summed E-state index contributed by atoms with van der Waals surface area (Å²) in [5, 5.41) is 3.22. The summed E-state index contributed by atoms with van der Waals surface area (Å²) in [6, 6.07) is 8.64. The summed E-state index contributed by atoms with van der Waals surface area (Å²) in [6.07, 6.45) is 5.30. The first-order chi connectivity index (χ1) is 12.3. The number of carbonyl (C=O) groups is 1. The first-order valence-electron chi connectivity index (χ1n) is 9.91. The Bertz CT molecular complexity index is 725. The molecule has 1 amide bonds. The number of hydrogen-bond donors (Lipinski definition) is 1. The van der Waals surface area contributed by atoms with Crippen molar-refractivity contribution in [3.8, 4) is 11.1 Å². The Hall–Kier alpha value is -2.03. The van der Waals surface area contributed by atoms with Gasteiger partial charge in [0, 0.05) is 24.3 Å². The van der Waals surface area contributed by atoms with Gasteiger partial charge < -0.3 is 9.88 Å². The Balaban J connectivity index is 2.42. The third-order valence-electron chi connectivity index (χ3n) is 4.78. The lowest BCUT2D eigenvalue weighted by Crippen LogP contribution is -2.35. The molecule has 0 radical (unpaired) electrons. The fourth-order valence-corrected chi connectivity index (χ4v) is 3.58. The SMILES string of the molecule is CCCCn1cc(C)c(-c2ccc(C)cc2)c1C(=O)NC(C)CC(C)C. The van der Waals surface area contributed by atoms with Crippen molar-refractivity contribution in [2.45, 2.75) is 73.4 Å². The molecule has 0 aliphatic heterocycles. The summed E-state index contributed by atoms with van der Waals surface area (Å²) in [7, 11) is 0. The number of aromatic nitrogens is 1. The second-order valence-corrected chi connectivity index (χ2v) is 7.95. The van der Waals surface area contributed by atoms with Gasteiger partial charge >= 0.3 is 0 Å².